The van der Waals surface area contributed by atoms with Crippen LogP contribution in [0, 0.1) is 0 Å². The maximum Gasteiger partial charge on any atom is 1.00 e. The van der Waals surface area contributed by atoms with Gasteiger partial charge in [-0.1, -0.05) is 26.2 Å². The SMILES string of the molecule is C[SiH-][SiH](C)[SiH](C)[SiH](C)[SiH](C)[SiH](C)N.[Li+]. The Morgan fingerprint density at radius 3 is 1.57 bits per heavy atom. The molecular weight excluding hydrogens is 262 g/mol. The van der Waals surface area contributed by atoms with E-state index in [0.29, 0.717) is 0 Å². The van der Waals surface area contributed by atoms with Crippen LogP contribution in [-0.2, 0) is 0 Å². The molecule has 0 amide bonds. The summed E-state index contributed by atoms with van der Waals surface area (Å²) in [6.45, 7) is 15.5. The third-order valence-electron chi connectivity index (χ3n) is 3.84. The molecule has 0 bridgehead atoms. The Morgan fingerprint density at radius 2 is 1.29 bits per heavy atom. The Balaban J connectivity index is 0. The Hall–Kier alpha value is 1.86. The molecule has 0 aromatic heterocycles. The maximum atomic E-state index is 6.20. The summed E-state index contributed by atoms with van der Waals surface area (Å²) in [5.41, 5.74) is 0. The van der Waals surface area contributed by atoms with E-state index in [9.17, 15) is 0 Å². The molecule has 0 aliphatic rings. The minimum Gasteiger partial charge on any atom is -0.356 e. The molecule has 0 aliphatic heterocycles. The van der Waals surface area contributed by atoms with Gasteiger partial charge in [-0.05, 0) is 7.83 Å². The molecule has 0 spiro atoms. The van der Waals surface area contributed by atoms with Crippen molar-refractivity contribution in [1.29, 1.82) is 0 Å². The van der Waals surface area contributed by atoms with Crippen LogP contribution in [0.1, 0.15) is 0 Å². The van der Waals surface area contributed by atoms with Crippen LogP contribution in [-0.4, -0.2) is 48.8 Å². The molecule has 5 atom stereocenters. The molecule has 0 radical (unpaired) electrons. The number of nitrogens with two attached hydrogens (primary N) is 1. The minimum absolute atomic E-state index is 0. The van der Waals surface area contributed by atoms with Crippen LogP contribution in [0.3, 0.4) is 0 Å². The van der Waals surface area contributed by atoms with Crippen molar-refractivity contribution in [2.24, 2.45) is 5.40 Å². The van der Waals surface area contributed by atoms with Crippen molar-refractivity contribution in [3.63, 3.8) is 0 Å². The molecule has 0 aromatic carbocycles. The number of hydrogen-bond donors (Lipinski definition) is 1. The summed E-state index contributed by atoms with van der Waals surface area (Å²) in [7, 11) is -0.668. The van der Waals surface area contributed by atoms with Gasteiger partial charge in [0.15, 0.2) is 0 Å². The normalized spacial score (nSPS) is 21.6. The molecule has 0 aromatic rings. The molecule has 14 heavy (non-hydrogen) atoms. The minimum atomic E-state index is -0.664. The molecule has 80 valence electrons. The van der Waals surface area contributed by atoms with E-state index in [0.717, 1.165) is 9.04 Å². The van der Waals surface area contributed by atoms with E-state index in [1.165, 1.54) is 0 Å². The topological polar surface area (TPSA) is 26.0 Å². The van der Waals surface area contributed by atoms with Gasteiger partial charge in [-0.25, -0.2) is 0 Å². The molecule has 0 rings (SSSR count). The summed E-state index contributed by atoms with van der Waals surface area (Å²) in [5, 5.41) is 6.20. The fraction of sp³-hybridized carbons (Fsp3) is 1.00. The van der Waals surface area contributed by atoms with Crippen molar-refractivity contribution in [2.75, 3.05) is 0 Å². The molecule has 0 aliphatic carbocycles. The predicted octanol–water partition coefficient (Wildman–Crippen LogP) is -3.97. The monoisotopic (exact) mass is 287 g/mol. The standard InChI is InChI=1S/C6H26NSi6.Li/c1-8-10(3)12(5)13(6)11(4)9(2)7;/h8-13H,7H2,1-6H3;/q-1;+1. The van der Waals surface area contributed by atoms with Crippen LogP contribution < -0.4 is 24.3 Å². The van der Waals surface area contributed by atoms with E-state index in [2.05, 4.69) is 39.3 Å². The third kappa shape index (κ3) is 5.81. The van der Waals surface area contributed by atoms with E-state index >= 15 is 0 Å². The van der Waals surface area contributed by atoms with Crippen LogP contribution in [0.4, 0.5) is 0 Å². The molecule has 0 fully saturated rings. The largest absolute Gasteiger partial charge is 1.00 e. The molecule has 2 N–H and O–H groups in total. The van der Waals surface area contributed by atoms with Crippen molar-refractivity contribution < 1.29 is 18.9 Å². The Morgan fingerprint density at radius 1 is 0.857 bits per heavy atom. The van der Waals surface area contributed by atoms with Crippen molar-refractivity contribution >= 4 is 48.8 Å². The first-order chi connectivity index (χ1) is 5.91. The van der Waals surface area contributed by atoms with Crippen LogP contribution >= 0.6 is 0 Å². The number of rotatable bonds is 5. The van der Waals surface area contributed by atoms with Gasteiger partial charge in [-0.2, -0.15) is 6.55 Å². The van der Waals surface area contributed by atoms with Gasteiger partial charge in [0.05, 0.1) is 8.48 Å². The second-order valence-corrected chi connectivity index (χ2v) is 53.5. The average molecular weight is 288 g/mol. The number of hydrogen-bond acceptors (Lipinski definition) is 1. The van der Waals surface area contributed by atoms with Crippen LogP contribution in [0.25, 0.3) is 0 Å². The van der Waals surface area contributed by atoms with Gasteiger partial charge in [0.1, 0.15) is 0 Å². The molecule has 8 heteroatoms. The summed E-state index contributed by atoms with van der Waals surface area (Å²) >= 11 is 0. The smallest absolute Gasteiger partial charge is 0.356 e. The zero-order chi connectivity index (χ0) is 10.6. The van der Waals surface area contributed by atoms with E-state index in [4.69, 9.17) is 5.40 Å². The van der Waals surface area contributed by atoms with Crippen molar-refractivity contribution in [1.82, 2.24) is 0 Å². The van der Waals surface area contributed by atoms with Gasteiger partial charge in [0, 0.05) is 15.7 Å². The molecule has 0 saturated carbocycles. The van der Waals surface area contributed by atoms with Crippen LogP contribution in [0.2, 0.25) is 39.3 Å². The first-order valence-corrected chi connectivity index (χ1v) is 26.4. The van der Waals surface area contributed by atoms with Crippen molar-refractivity contribution in [3.05, 3.63) is 0 Å². The van der Waals surface area contributed by atoms with Crippen molar-refractivity contribution in [3.8, 4) is 0 Å². The van der Waals surface area contributed by atoms with Crippen LogP contribution in [0.5, 0.6) is 0 Å². The predicted molar refractivity (Wildman–Crippen MR) is 82.3 cm³/mol. The molecule has 5 unspecified atom stereocenters. The molecular formula is C6H26LiNSi6. The van der Waals surface area contributed by atoms with E-state index < -0.39 is 8.48 Å². The van der Waals surface area contributed by atoms with Gasteiger partial charge >= 0.3 is 18.9 Å². The quantitative estimate of drug-likeness (QED) is 0.513. The molecule has 0 saturated heterocycles. The van der Waals surface area contributed by atoms with Gasteiger partial charge in [0.2, 0.25) is 0 Å². The fourth-order valence-electron chi connectivity index (χ4n) is 1.74. The average Bonchev–Trinajstić information content (AvgIpc) is 2.12. The van der Waals surface area contributed by atoms with Gasteiger partial charge < -0.3 is 5.40 Å². The second-order valence-electron chi connectivity index (χ2n) is 4.63. The van der Waals surface area contributed by atoms with E-state index in [1.807, 2.05) is 0 Å². The Bertz CT molecular complexity index is 148. The van der Waals surface area contributed by atoms with E-state index in [-0.39, 0.29) is 50.2 Å². The summed E-state index contributed by atoms with van der Waals surface area (Å²) in [6, 6.07) is 0. The molecule has 1 nitrogen and oxygen atoms in total. The Labute approximate surface area is 112 Å². The van der Waals surface area contributed by atoms with Crippen LogP contribution in [0.15, 0.2) is 0 Å². The van der Waals surface area contributed by atoms with Gasteiger partial charge in [0.25, 0.3) is 0 Å². The van der Waals surface area contributed by atoms with Gasteiger partial charge in [-0.3, -0.25) is 9.04 Å². The van der Waals surface area contributed by atoms with Gasteiger partial charge in [-0.15, -0.1) is 14.4 Å². The summed E-state index contributed by atoms with van der Waals surface area (Å²) < 4.78 is 0. The summed E-state index contributed by atoms with van der Waals surface area (Å²) in [4.78, 5) is 0. The third-order valence-corrected chi connectivity index (χ3v) is 88.3. The molecule has 0 heterocycles. The summed E-state index contributed by atoms with van der Waals surface area (Å²) in [5.74, 6) is 0. The zero-order valence-corrected chi connectivity index (χ0v) is 18.0. The summed E-state index contributed by atoms with van der Waals surface area (Å²) in [6.07, 6.45) is 0. The van der Waals surface area contributed by atoms with Crippen molar-refractivity contribution in [2.45, 2.75) is 39.3 Å². The fourth-order valence-corrected chi connectivity index (χ4v) is 114. The van der Waals surface area contributed by atoms with E-state index in [1.54, 1.807) is 0 Å². The second kappa shape index (κ2) is 8.95. The first-order valence-electron chi connectivity index (χ1n) is 5.46. The Kier molecular flexibility index (Phi) is 11.7. The maximum absolute atomic E-state index is 6.20. The first kappa shape index (κ1) is 18.2. The zero-order valence-electron chi connectivity index (χ0n) is 11.0.